The molecule has 4 atom stereocenters. The first-order chi connectivity index (χ1) is 23.4. The maximum Gasteiger partial charge on any atom is 0.168 e. The highest BCUT2D eigenvalue weighted by atomic mass is 16.6. The van der Waals surface area contributed by atoms with Crippen molar-refractivity contribution in [2.24, 2.45) is 0 Å². The van der Waals surface area contributed by atoms with Crippen LogP contribution in [0.3, 0.4) is 0 Å². The van der Waals surface area contributed by atoms with E-state index < -0.39 is 24.5 Å². The van der Waals surface area contributed by atoms with E-state index in [1.807, 2.05) is 16.7 Å². The first kappa shape index (κ1) is 34.4. The van der Waals surface area contributed by atoms with Gasteiger partial charge in [0.05, 0.1) is 13.2 Å². The maximum absolute atomic E-state index is 11.3. The van der Waals surface area contributed by atoms with E-state index in [1.54, 1.807) is 7.11 Å². The number of methoxy groups -OCH3 is 1. The third-order valence-corrected chi connectivity index (χ3v) is 9.51. The van der Waals surface area contributed by atoms with Crippen molar-refractivity contribution in [3.63, 3.8) is 0 Å². The molecule has 48 heavy (non-hydrogen) atoms. The van der Waals surface area contributed by atoms with Crippen molar-refractivity contribution in [1.82, 2.24) is 30.2 Å². The van der Waals surface area contributed by atoms with Crippen LogP contribution in [-0.4, -0.2) is 86.9 Å². The molecule has 0 spiro atoms. The molecule has 1 saturated carbocycles. The number of hydrogen-bond acceptors (Lipinski definition) is 10. The van der Waals surface area contributed by atoms with Crippen molar-refractivity contribution < 1.29 is 19.7 Å². The van der Waals surface area contributed by atoms with Gasteiger partial charge in [-0.3, -0.25) is 4.57 Å². The van der Waals surface area contributed by atoms with Crippen LogP contribution in [0.5, 0.6) is 0 Å². The SMILES string of the molecule is COC[C@H]1O[C@@H](n2c(CCNC3CCCCC3)nc3c(NCC(c4ccccc4)c4ccccc4)nc(CNC(C)C)nc32)[C@H](O)[C@@H]1O. The van der Waals surface area contributed by atoms with Gasteiger partial charge >= 0.3 is 0 Å². The molecule has 0 unspecified atom stereocenters. The smallest absolute Gasteiger partial charge is 0.168 e. The molecule has 2 aliphatic rings. The second kappa shape index (κ2) is 16.3. The van der Waals surface area contributed by atoms with Crippen molar-refractivity contribution >= 4 is 17.0 Å². The molecule has 0 amide bonds. The summed E-state index contributed by atoms with van der Waals surface area (Å²) in [6, 6.07) is 21.7. The molecule has 0 bridgehead atoms. The molecule has 5 N–H and O–H groups in total. The van der Waals surface area contributed by atoms with Crippen LogP contribution < -0.4 is 16.0 Å². The van der Waals surface area contributed by atoms with E-state index in [4.69, 9.17) is 24.4 Å². The predicted octanol–water partition coefficient (Wildman–Crippen LogP) is 4.30. The number of hydrogen-bond donors (Lipinski definition) is 5. The van der Waals surface area contributed by atoms with Crippen LogP contribution in [0.4, 0.5) is 5.82 Å². The Morgan fingerprint density at radius 2 is 1.60 bits per heavy atom. The van der Waals surface area contributed by atoms with E-state index in [1.165, 1.54) is 43.2 Å². The normalized spacial score (nSPS) is 21.9. The highest BCUT2D eigenvalue weighted by Gasteiger charge is 2.45. The number of nitrogens with one attached hydrogen (secondary N) is 3. The molecular weight excluding hydrogens is 606 g/mol. The monoisotopic (exact) mass is 657 g/mol. The lowest BCUT2D eigenvalue weighted by Gasteiger charge is -2.23. The summed E-state index contributed by atoms with van der Waals surface area (Å²) in [5.41, 5.74) is 3.56. The van der Waals surface area contributed by atoms with Gasteiger partial charge in [-0.05, 0) is 24.0 Å². The van der Waals surface area contributed by atoms with Crippen LogP contribution in [0.2, 0.25) is 0 Å². The van der Waals surface area contributed by atoms with Gasteiger partial charge in [-0.2, -0.15) is 0 Å². The van der Waals surface area contributed by atoms with Gasteiger partial charge in [0.15, 0.2) is 23.2 Å². The minimum atomic E-state index is -1.18. The Morgan fingerprint density at radius 1 is 0.917 bits per heavy atom. The summed E-state index contributed by atoms with van der Waals surface area (Å²) >= 11 is 0. The molecule has 6 rings (SSSR count). The van der Waals surface area contributed by atoms with Gasteiger partial charge in [0.2, 0.25) is 0 Å². The van der Waals surface area contributed by atoms with E-state index in [-0.39, 0.29) is 18.6 Å². The van der Waals surface area contributed by atoms with E-state index in [2.05, 4.69) is 78.3 Å². The summed E-state index contributed by atoms with van der Waals surface area (Å²) in [6.45, 7) is 6.09. The zero-order valence-electron chi connectivity index (χ0n) is 28.4. The van der Waals surface area contributed by atoms with Gasteiger partial charge in [0.1, 0.15) is 30.0 Å². The first-order valence-corrected chi connectivity index (χ1v) is 17.5. The Labute approximate surface area is 283 Å². The van der Waals surface area contributed by atoms with E-state index >= 15 is 0 Å². The third kappa shape index (κ3) is 8.05. The highest BCUT2D eigenvalue weighted by molar-refractivity contribution is 5.84. The summed E-state index contributed by atoms with van der Waals surface area (Å²) in [7, 11) is 1.56. The molecule has 2 fully saturated rings. The Morgan fingerprint density at radius 3 is 2.25 bits per heavy atom. The van der Waals surface area contributed by atoms with Gasteiger partial charge in [0, 0.05) is 44.6 Å². The maximum atomic E-state index is 11.3. The Kier molecular flexibility index (Phi) is 11.7. The molecule has 1 saturated heterocycles. The average molecular weight is 658 g/mol. The van der Waals surface area contributed by atoms with Crippen LogP contribution in [0.15, 0.2) is 60.7 Å². The fraction of sp³-hybridized carbons (Fsp3) is 0.541. The second-order valence-electron chi connectivity index (χ2n) is 13.4. The zero-order chi connectivity index (χ0) is 33.5. The van der Waals surface area contributed by atoms with Crippen molar-refractivity contribution in [2.45, 2.75) is 101 Å². The molecule has 0 radical (unpaired) electrons. The molecule has 4 aromatic rings. The number of rotatable bonds is 15. The van der Waals surface area contributed by atoms with Crippen molar-refractivity contribution in [3.8, 4) is 0 Å². The number of anilines is 1. The number of aromatic nitrogens is 4. The first-order valence-electron chi connectivity index (χ1n) is 17.5. The largest absolute Gasteiger partial charge is 0.387 e. The van der Waals surface area contributed by atoms with E-state index in [0.717, 1.165) is 12.4 Å². The lowest BCUT2D eigenvalue weighted by molar-refractivity contribution is -0.0590. The number of aliphatic hydroxyl groups is 2. The molecule has 1 aliphatic carbocycles. The van der Waals surface area contributed by atoms with Crippen LogP contribution in [0.25, 0.3) is 11.2 Å². The van der Waals surface area contributed by atoms with Gasteiger partial charge in [0.25, 0.3) is 0 Å². The topological polar surface area (TPSA) is 139 Å². The van der Waals surface area contributed by atoms with Crippen LogP contribution >= 0.6 is 0 Å². The molecule has 11 nitrogen and oxygen atoms in total. The summed E-state index contributed by atoms with van der Waals surface area (Å²) in [5.74, 6) is 2.01. The summed E-state index contributed by atoms with van der Waals surface area (Å²) in [4.78, 5) is 15.1. The third-order valence-electron chi connectivity index (χ3n) is 9.51. The minimum Gasteiger partial charge on any atom is -0.387 e. The van der Waals surface area contributed by atoms with Crippen LogP contribution in [0, 0.1) is 0 Å². The van der Waals surface area contributed by atoms with Gasteiger partial charge < -0.3 is 35.6 Å². The quantitative estimate of drug-likeness (QED) is 0.126. The molecule has 2 aromatic heterocycles. The van der Waals surface area contributed by atoms with Crippen molar-refractivity contribution in [3.05, 3.63) is 83.4 Å². The molecule has 1 aliphatic heterocycles. The standard InChI is InChI=1S/C37H51N7O4/c1-24(2)39-22-30-41-35(40-21-28(25-13-7-4-8-14-25)26-15-9-5-10-16-26)32-36(42-30)44(37-34(46)33(45)29(48-37)23-47-3)31(43-32)19-20-38-27-17-11-6-12-18-27/h4-5,7-10,13-16,24,27-29,33-34,37-39,45-46H,6,11-12,17-23H2,1-3H3,(H,40,41,42)/t29-,33-,34-,37-/m1/s1. The van der Waals surface area contributed by atoms with E-state index in [9.17, 15) is 10.2 Å². The van der Waals surface area contributed by atoms with Gasteiger partial charge in [-0.25, -0.2) is 15.0 Å². The summed E-state index contributed by atoms with van der Waals surface area (Å²) in [6.07, 6.45) is 2.90. The number of nitrogens with zero attached hydrogens (tertiary/aromatic N) is 4. The highest BCUT2D eigenvalue weighted by Crippen LogP contribution is 2.35. The van der Waals surface area contributed by atoms with E-state index in [0.29, 0.717) is 48.4 Å². The number of aliphatic hydroxyl groups excluding tert-OH is 2. The Hall–Kier alpha value is -3.45. The molecule has 11 heteroatoms. The number of fused-ring (bicyclic) bond motifs is 1. The Bertz CT molecular complexity index is 1540. The zero-order valence-corrected chi connectivity index (χ0v) is 28.4. The number of ether oxygens (including phenoxy) is 2. The van der Waals surface area contributed by atoms with Gasteiger partial charge in [-0.1, -0.05) is 93.8 Å². The van der Waals surface area contributed by atoms with Crippen molar-refractivity contribution in [1.29, 1.82) is 0 Å². The molecule has 3 heterocycles. The minimum absolute atomic E-state index is 0.0702. The lowest BCUT2D eigenvalue weighted by atomic mass is 9.91. The fourth-order valence-electron chi connectivity index (χ4n) is 6.94. The average Bonchev–Trinajstić information content (AvgIpc) is 3.60. The lowest BCUT2D eigenvalue weighted by Crippen LogP contribution is -2.34. The summed E-state index contributed by atoms with van der Waals surface area (Å²) < 4.78 is 13.5. The number of benzene rings is 2. The molecule has 2 aromatic carbocycles. The fourth-order valence-corrected chi connectivity index (χ4v) is 6.94. The second-order valence-corrected chi connectivity index (χ2v) is 13.4. The number of imidazole rings is 1. The molecular formula is C37H51N7O4. The van der Waals surface area contributed by atoms with Gasteiger partial charge in [-0.15, -0.1) is 0 Å². The summed E-state index contributed by atoms with van der Waals surface area (Å²) in [5, 5.41) is 33.1. The van der Waals surface area contributed by atoms with Crippen LogP contribution in [-0.2, 0) is 22.4 Å². The predicted molar refractivity (Wildman–Crippen MR) is 187 cm³/mol. The molecule has 258 valence electrons. The van der Waals surface area contributed by atoms with Crippen molar-refractivity contribution in [2.75, 3.05) is 32.1 Å². The Balaban J connectivity index is 1.39. The van der Waals surface area contributed by atoms with Crippen LogP contribution in [0.1, 0.15) is 80.9 Å².